The number of nitrogen functional groups attached to an aromatic ring is 3. The van der Waals surface area contributed by atoms with Crippen LogP contribution in [0.25, 0.3) is 0 Å². The van der Waals surface area contributed by atoms with Crippen molar-refractivity contribution in [3.8, 4) is 0 Å². The Kier molecular flexibility index (Phi) is 2.70. The Morgan fingerprint density at radius 3 is 2.41 bits per heavy atom. The molecule has 0 bridgehead atoms. The second-order valence-electron chi connectivity index (χ2n) is 3.65. The van der Waals surface area contributed by atoms with Gasteiger partial charge >= 0.3 is 0 Å². The highest BCUT2D eigenvalue weighted by atomic mass is 16.1. The Balaban J connectivity index is 2.47. The molecule has 1 heterocycles. The van der Waals surface area contributed by atoms with E-state index >= 15 is 0 Å². The van der Waals surface area contributed by atoms with Crippen LogP contribution in [-0.4, -0.2) is 9.55 Å². The lowest BCUT2D eigenvalue weighted by atomic mass is 10.2. The third kappa shape index (κ3) is 2.05. The predicted octanol–water partition coefficient (Wildman–Crippen LogP) is 0.0382. The standard InChI is InChI=1S/C11H13N5O/c12-8-9(13)16(11(14)15-10(8)17)6-7-4-2-1-3-5-7/h1-5H,6,12-13H2,(H2,14,15,17). The van der Waals surface area contributed by atoms with Gasteiger partial charge in [0.15, 0.2) is 0 Å². The van der Waals surface area contributed by atoms with Gasteiger partial charge in [0.25, 0.3) is 5.56 Å². The first-order chi connectivity index (χ1) is 8.09. The number of nitrogens with zero attached hydrogens (tertiary/aromatic N) is 2. The summed E-state index contributed by atoms with van der Waals surface area (Å²) in [6.07, 6.45) is 0. The van der Waals surface area contributed by atoms with Gasteiger partial charge < -0.3 is 17.2 Å². The number of rotatable bonds is 2. The number of aromatic nitrogens is 2. The molecule has 1 aromatic carbocycles. The number of nitrogens with two attached hydrogens (primary N) is 3. The van der Waals surface area contributed by atoms with Crippen LogP contribution in [0.3, 0.4) is 0 Å². The Morgan fingerprint density at radius 1 is 1.12 bits per heavy atom. The average Bonchev–Trinajstić information content (AvgIpc) is 2.33. The lowest BCUT2D eigenvalue weighted by molar-refractivity contribution is 0.792. The molecule has 0 saturated carbocycles. The molecule has 0 radical (unpaired) electrons. The minimum atomic E-state index is -0.593. The summed E-state index contributed by atoms with van der Waals surface area (Å²) in [5, 5.41) is 0. The summed E-state index contributed by atoms with van der Waals surface area (Å²) >= 11 is 0. The first-order valence-electron chi connectivity index (χ1n) is 5.05. The van der Waals surface area contributed by atoms with Gasteiger partial charge in [-0.15, -0.1) is 0 Å². The molecule has 0 aliphatic heterocycles. The molecule has 0 spiro atoms. The fourth-order valence-corrected chi connectivity index (χ4v) is 1.54. The van der Waals surface area contributed by atoms with Gasteiger partial charge in [0.05, 0.1) is 6.54 Å². The maximum Gasteiger partial charge on any atom is 0.299 e. The number of hydrogen-bond donors (Lipinski definition) is 3. The monoisotopic (exact) mass is 231 g/mol. The molecule has 17 heavy (non-hydrogen) atoms. The Labute approximate surface area is 97.7 Å². The van der Waals surface area contributed by atoms with Crippen molar-refractivity contribution >= 4 is 17.5 Å². The molecule has 2 aromatic rings. The zero-order chi connectivity index (χ0) is 12.4. The minimum Gasteiger partial charge on any atom is -0.391 e. The maximum absolute atomic E-state index is 11.3. The zero-order valence-electron chi connectivity index (χ0n) is 9.13. The lowest BCUT2D eigenvalue weighted by Gasteiger charge is -2.13. The smallest absolute Gasteiger partial charge is 0.299 e. The van der Waals surface area contributed by atoms with Gasteiger partial charge in [-0.25, -0.2) is 0 Å². The maximum atomic E-state index is 11.3. The van der Waals surface area contributed by atoms with Crippen LogP contribution in [0.4, 0.5) is 17.5 Å². The highest BCUT2D eigenvalue weighted by Crippen LogP contribution is 2.14. The van der Waals surface area contributed by atoms with Gasteiger partial charge in [0, 0.05) is 0 Å². The molecule has 2 rings (SSSR count). The third-order valence-electron chi connectivity index (χ3n) is 2.47. The van der Waals surface area contributed by atoms with Crippen LogP contribution >= 0.6 is 0 Å². The van der Waals surface area contributed by atoms with E-state index in [4.69, 9.17) is 17.2 Å². The average molecular weight is 231 g/mol. The summed E-state index contributed by atoms with van der Waals surface area (Å²) in [6, 6.07) is 9.57. The Morgan fingerprint density at radius 2 is 1.76 bits per heavy atom. The molecular formula is C11H13N5O. The summed E-state index contributed by atoms with van der Waals surface area (Å²) in [4.78, 5) is 14.9. The lowest BCUT2D eigenvalue weighted by Crippen LogP contribution is -2.24. The highest BCUT2D eigenvalue weighted by molar-refractivity contribution is 5.59. The van der Waals surface area contributed by atoms with Crippen LogP contribution in [0.1, 0.15) is 5.56 Å². The molecule has 6 heteroatoms. The largest absolute Gasteiger partial charge is 0.391 e. The quantitative estimate of drug-likeness (QED) is 0.675. The van der Waals surface area contributed by atoms with Crippen molar-refractivity contribution in [3.05, 3.63) is 46.2 Å². The Bertz CT molecular complexity index is 591. The molecule has 6 nitrogen and oxygen atoms in total. The van der Waals surface area contributed by atoms with Gasteiger partial charge in [-0.1, -0.05) is 30.3 Å². The topological polar surface area (TPSA) is 113 Å². The molecular weight excluding hydrogens is 218 g/mol. The van der Waals surface area contributed by atoms with E-state index in [1.165, 1.54) is 4.57 Å². The van der Waals surface area contributed by atoms with Crippen LogP contribution in [0, 0.1) is 0 Å². The molecule has 88 valence electrons. The van der Waals surface area contributed by atoms with Gasteiger partial charge in [-0.05, 0) is 5.56 Å². The molecule has 0 fully saturated rings. The molecule has 0 saturated heterocycles. The second-order valence-corrected chi connectivity index (χ2v) is 3.65. The van der Waals surface area contributed by atoms with Crippen molar-refractivity contribution in [2.45, 2.75) is 6.54 Å². The van der Waals surface area contributed by atoms with Gasteiger partial charge in [0.2, 0.25) is 5.95 Å². The van der Waals surface area contributed by atoms with Crippen LogP contribution < -0.4 is 22.8 Å². The predicted molar refractivity (Wildman–Crippen MR) is 67.3 cm³/mol. The second kappa shape index (κ2) is 4.17. The highest BCUT2D eigenvalue weighted by Gasteiger charge is 2.10. The summed E-state index contributed by atoms with van der Waals surface area (Å²) in [5.74, 6) is 0.205. The van der Waals surface area contributed by atoms with Crippen molar-refractivity contribution in [1.29, 1.82) is 0 Å². The molecule has 1 aromatic heterocycles. The van der Waals surface area contributed by atoms with Crippen molar-refractivity contribution in [1.82, 2.24) is 9.55 Å². The van der Waals surface area contributed by atoms with E-state index in [0.717, 1.165) is 5.56 Å². The zero-order valence-corrected chi connectivity index (χ0v) is 9.13. The van der Waals surface area contributed by atoms with E-state index in [1.807, 2.05) is 30.3 Å². The van der Waals surface area contributed by atoms with Crippen LogP contribution in [-0.2, 0) is 6.54 Å². The van der Waals surface area contributed by atoms with Crippen molar-refractivity contribution in [3.63, 3.8) is 0 Å². The van der Waals surface area contributed by atoms with Crippen LogP contribution in [0.2, 0.25) is 0 Å². The molecule has 0 atom stereocenters. The number of anilines is 3. The van der Waals surface area contributed by atoms with E-state index in [-0.39, 0.29) is 17.5 Å². The molecule has 0 unspecified atom stereocenters. The van der Waals surface area contributed by atoms with E-state index in [9.17, 15) is 4.79 Å². The summed E-state index contributed by atoms with van der Waals surface area (Å²) in [7, 11) is 0. The normalized spacial score (nSPS) is 10.4. The molecule has 0 amide bonds. The van der Waals surface area contributed by atoms with Gasteiger partial charge in [-0.2, -0.15) is 4.98 Å². The molecule has 0 aliphatic carbocycles. The number of hydrogen-bond acceptors (Lipinski definition) is 5. The van der Waals surface area contributed by atoms with Crippen LogP contribution in [0.15, 0.2) is 35.1 Å². The van der Waals surface area contributed by atoms with Crippen molar-refractivity contribution < 1.29 is 0 Å². The van der Waals surface area contributed by atoms with Gasteiger partial charge in [0.1, 0.15) is 11.5 Å². The van der Waals surface area contributed by atoms with Crippen molar-refractivity contribution in [2.24, 2.45) is 0 Å². The number of benzene rings is 1. The first-order valence-corrected chi connectivity index (χ1v) is 5.05. The SMILES string of the molecule is Nc1c(N)n(Cc2ccccc2)c(N)nc1=O. The van der Waals surface area contributed by atoms with E-state index < -0.39 is 5.56 Å². The van der Waals surface area contributed by atoms with E-state index in [1.54, 1.807) is 0 Å². The summed E-state index contributed by atoms with van der Waals surface area (Å²) in [6.45, 7) is 0.427. The third-order valence-corrected chi connectivity index (χ3v) is 2.47. The van der Waals surface area contributed by atoms with E-state index in [2.05, 4.69) is 4.98 Å². The van der Waals surface area contributed by atoms with Gasteiger partial charge in [-0.3, -0.25) is 9.36 Å². The Hall–Kier alpha value is -2.50. The fraction of sp³-hybridized carbons (Fsp3) is 0.0909. The van der Waals surface area contributed by atoms with E-state index in [0.29, 0.717) is 6.54 Å². The summed E-state index contributed by atoms with van der Waals surface area (Å²) in [5.41, 5.74) is 17.3. The first kappa shape index (κ1) is 11.0. The van der Waals surface area contributed by atoms with Crippen molar-refractivity contribution in [2.75, 3.05) is 17.2 Å². The van der Waals surface area contributed by atoms with Crippen LogP contribution in [0.5, 0.6) is 0 Å². The fourth-order valence-electron chi connectivity index (χ4n) is 1.54. The minimum absolute atomic E-state index is 0.0607. The molecule has 0 aliphatic rings. The molecule has 6 N–H and O–H groups in total. The summed E-state index contributed by atoms with van der Waals surface area (Å²) < 4.78 is 1.51.